The van der Waals surface area contributed by atoms with Crippen molar-refractivity contribution in [1.29, 1.82) is 5.26 Å². The number of nitrogens with zero attached hydrogens (tertiary/aromatic N) is 2. The van der Waals surface area contributed by atoms with Gasteiger partial charge in [-0.1, -0.05) is 24.3 Å². The molecule has 2 atom stereocenters. The van der Waals surface area contributed by atoms with Crippen LogP contribution in [0.2, 0.25) is 0 Å². The van der Waals surface area contributed by atoms with Crippen LogP contribution in [-0.2, 0) is 11.2 Å². The van der Waals surface area contributed by atoms with E-state index in [2.05, 4.69) is 12.1 Å². The lowest BCUT2D eigenvalue weighted by molar-refractivity contribution is -0.111. The summed E-state index contributed by atoms with van der Waals surface area (Å²) in [6.45, 7) is 2.82. The van der Waals surface area contributed by atoms with E-state index in [9.17, 15) is 4.79 Å². The Balaban J connectivity index is 2.31. The van der Waals surface area contributed by atoms with Crippen LogP contribution in [0.5, 0.6) is 0 Å². The SMILES string of the molecule is CC1c2ccccc2CCN1C(C#N)C=O. The summed E-state index contributed by atoms with van der Waals surface area (Å²) >= 11 is 0. The number of fused-ring (bicyclic) bond motifs is 1. The number of hydrogen-bond acceptors (Lipinski definition) is 3. The average molecular weight is 214 g/mol. The molecule has 0 aromatic heterocycles. The molecule has 1 aromatic carbocycles. The Labute approximate surface area is 95.3 Å². The molecule has 0 spiro atoms. The van der Waals surface area contributed by atoms with E-state index in [-0.39, 0.29) is 6.04 Å². The van der Waals surface area contributed by atoms with Crippen LogP contribution in [0.25, 0.3) is 0 Å². The minimum absolute atomic E-state index is 0.139. The highest BCUT2D eigenvalue weighted by atomic mass is 16.1. The molecule has 3 heteroatoms. The van der Waals surface area contributed by atoms with Gasteiger partial charge in [0, 0.05) is 12.6 Å². The maximum absolute atomic E-state index is 10.8. The fourth-order valence-electron chi connectivity index (χ4n) is 2.35. The Morgan fingerprint density at radius 2 is 2.31 bits per heavy atom. The van der Waals surface area contributed by atoms with Crippen molar-refractivity contribution < 1.29 is 4.79 Å². The molecule has 0 N–H and O–H groups in total. The van der Waals surface area contributed by atoms with E-state index in [0.29, 0.717) is 0 Å². The molecule has 16 heavy (non-hydrogen) atoms. The summed E-state index contributed by atoms with van der Waals surface area (Å²) in [6.07, 6.45) is 1.64. The third-order valence-corrected chi connectivity index (χ3v) is 3.26. The quantitative estimate of drug-likeness (QED) is 0.704. The standard InChI is InChI=1S/C13H14N2O/c1-10-13-5-3-2-4-11(13)6-7-15(10)12(8-14)9-16/h2-5,9-10,12H,6-7H2,1H3. The van der Waals surface area contributed by atoms with Gasteiger partial charge in [-0.2, -0.15) is 5.26 Å². The first kappa shape index (κ1) is 10.8. The maximum atomic E-state index is 10.8. The summed E-state index contributed by atoms with van der Waals surface area (Å²) in [7, 11) is 0. The third-order valence-electron chi connectivity index (χ3n) is 3.26. The van der Waals surface area contributed by atoms with Crippen molar-refractivity contribution in [1.82, 2.24) is 4.90 Å². The molecule has 0 amide bonds. The molecule has 2 rings (SSSR count). The van der Waals surface area contributed by atoms with Crippen molar-refractivity contribution in [2.75, 3.05) is 6.54 Å². The van der Waals surface area contributed by atoms with Gasteiger partial charge in [0.2, 0.25) is 0 Å². The smallest absolute Gasteiger partial charge is 0.154 e. The Morgan fingerprint density at radius 3 is 3.00 bits per heavy atom. The zero-order chi connectivity index (χ0) is 11.5. The summed E-state index contributed by atoms with van der Waals surface area (Å²) in [6, 6.07) is 9.78. The molecule has 1 aromatic rings. The second-order valence-corrected chi connectivity index (χ2v) is 4.07. The lowest BCUT2D eigenvalue weighted by Crippen LogP contribution is -2.41. The van der Waals surface area contributed by atoms with Gasteiger partial charge in [-0.25, -0.2) is 0 Å². The second kappa shape index (κ2) is 4.46. The molecule has 0 bridgehead atoms. The van der Waals surface area contributed by atoms with Crippen LogP contribution in [-0.4, -0.2) is 23.8 Å². The van der Waals surface area contributed by atoms with Crippen molar-refractivity contribution in [3.8, 4) is 6.07 Å². The molecular formula is C13H14N2O. The highest BCUT2D eigenvalue weighted by Crippen LogP contribution is 2.29. The Morgan fingerprint density at radius 1 is 1.56 bits per heavy atom. The highest BCUT2D eigenvalue weighted by molar-refractivity contribution is 5.62. The molecule has 0 saturated carbocycles. The van der Waals surface area contributed by atoms with E-state index in [1.165, 1.54) is 11.1 Å². The molecular weight excluding hydrogens is 200 g/mol. The molecule has 0 saturated heterocycles. The lowest BCUT2D eigenvalue weighted by atomic mass is 9.92. The van der Waals surface area contributed by atoms with Crippen LogP contribution in [0.4, 0.5) is 0 Å². The molecule has 1 heterocycles. The Kier molecular flexibility index (Phi) is 3.02. The van der Waals surface area contributed by atoms with Crippen molar-refractivity contribution in [2.45, 2.75) is 25.4 Å². The summed E-state index contributed by atoms with van der Waals surface area (Å²) < 4.78 is 0. The van der Waals surface area contributed by atoms with E-state index in [1.807, 2.05) is 30.0 Å². The summed E-state index contributed by atoms with van der Waals surface area (Å²) in [5, 5.41) is 8.92. The predicted octanol–water partition coefficient (Wildman–Crippen LogP) is 1.70. The largest absolute Gasteiger partial charge is 0.300 e. The second-order valence-electron chi connectivity index (χ2n) is 4.07. The van der Waals surface area contributed by atoms with E-state index in [1.54, 1.807) is 0 Å². The average Bonchev–Trinajstić information content (AvgIpc) is 2.34. The zero-order valence-electron chi connectivity index (χ0n) is 9.26. The number of rotatable bonds is 2. The van der Waals surface area contributed by atoms with Crippen LogP contribution < -0.4 is 0 Å². The van der Waals surface area contributed by atoms with E-state index in [0.717, 1.165) is 19.3 Å². The van der Waals surface area contributed by atoms with Crippen LogP contribution in [0, 0.1) is 11.3 Å². The lowest BCUT2D eigenvalue weighted by Gasteiger charge is -2.36. The monoisotopic (exact) mass is 214 g/mol. The molecule has 0 fully saturated rings. The first-order valence-corrected chi connectivity index (χ1v) is 5.46. The van der Waals surface area contributed by atoms with Gasteiger partial charge in [-0.05, 0) is 24.5 Å². The van der Waals surface area contributed by atoms with Crippen LogP contribution in [0.1, 0.15) is 24.1 Å². The number of carbonyl (C=O) groups excluding carboxylic acids is 1. The van der Waals surface area contributed by atoms with Crippen molar-refractivity contribution >= 4 is 6.29 Å². The molecule has 1 aliphatic rings. The number of carbonyl (C=O) groups is 1. The van der Waals surface area contributed by atoms with Gasteiger partial charge in [-0.15, -0.1) is 0 Å². The Bertz CT molecular complexity index is 436. The minimum atomic E-state index is -0.622. The van der Waals surface area contributed by atoms with E-state index >= 15 is 0 Å². The van der Waals surface area contributed by atoms with E-state index in [4.69, 9.17) is 5.26 Å². The summed E-state index contributed by atoms with van der Waals surface area (Å²) in [4.78, 5) is 12.8. The van der Waals surface area contributed by atoms with Crippen LogP contribution in [0.15, 0.2) is 24.3 Å². The Hall–Kier alpha value is -1.66. The maximum Gasteiger partial charge on any atom is 0.154 e. The minimum Gasteiger partial charge on any atom is -0.300 e. The fraction of sp³-hybridized carbons (Fsp3) is 0.385. The molecule has 1 aliphatic heterocycles. The van der Waals surface area contributed by atoms with Gasteiger partial charge in [-0.3, -0.25) is 4.90 Å². The molecule has 82 valence electrons. The summed E-state index contributed by atoms with van der Waals surface area (Å²) in [5.74, 6) is 0. The third kappa shape index (κ3) is 1.72. The fourth-order valence-corrected chi connectivity index (χ4v) is 2.35. The molecule has 0 aliphatic carbocycles. The topological polar surface area (TPSA) is 44.1 Å². The van der Waals surface area contributed by atoms with Gasteiger partial charge in [0.25, 0.3) is 0 Å². The molecule has 2 unspecified atom stereocenters. The van der Waals surface area contributed by atoms with Crippen molar-refractivity contribution in [3.63, 3.8) is 0 Å². The van der Waals surface area contributed by atoms with Gasteiger partial charge in [0.05, 0.1) is 6.07 Å². The van der Waals surface area contributed by atoms with Gasteiger partial charge in [0.15, 0.2) is 12.3 Å². The predicted molar refractivity (Wildman–Crippen MR) is 60.7 cm³/mol. The van der Waals surface area contributed by atoms with Crippen LogP contribution >= 0.6 is 0 Å². The first-order chi connectivity index (χ1) is 7.77. The number of hydrogen-bond donors (Lipinski definition) is 0. The van der Waals surface area contributed by atoms with E-state index < -0.39 is 6.04 Å². The van der Waals surface area contributed by atoms with Crippen LogP contribution in [0.3, 0.4) is 0 Å². The number of benzene rings is 1. The van der Waals surface area contributed by atoms with Gasteiger partial charge >= 0.3 is 0 Å². The van der Waals surface area contributed by atoms with Crippen molar-refractivity contribution in [3.05, 3.63) is 35.4 Å². The number of nitriles is 1. The summed E-state index contributed by atoms with van der Waals surface area (Å²) in [5.41, 5.74) is 2.56. The highest BCUT2D eigenvalue weighted by Gasteiger charge is 2.28. The normalized spacial score (nSPS) is 21.9. The van der Waals surface area contributed by atoms with Gasteiger partial charge in [0.1, 0.15) is 0 Å². The van der Waals surface area contributed by atoms with Gasteiger partial charge < -0.3 is 4.79 Å². The van der Waals surface area contributed by atoms with Crippen molar-refractivity contribution in [2.24, 2.45) is 0 Å². The first-order valence-electron chi connectivity index (χ1n) is 5.46. The zero-order valence-corrected chi connectivity index (χ0v) is 9.26. The molecule has 3 nitrogen and oxygen atoms in total. The molecule has 0 radical (unpaired) electrons. The number of aldehydes is 1.